The SMILES string of the molecule is O=C(O)C=Cc1cc(C(=O)N2CCS(=O)(=O)CC2)cs1. The summed E-state index contributed by atoms with van der Waals surface area (Å²) in [5.74, 6) is -1.28. The van der Waals surface area contributed by atoms with Gasteiger partial charge in [0, 0.05) is 29.4 Å². The molecule has 2 heterocycles. The molecule has 6 nitrogen and oxygen atoms in total. The van der Waals surface area contributed by atoms with Crippen molar-refractivity contribution in [3.8, 4) is 0 Å². The highest BCUT2D eigenvalue weighted by Gasteiger charge is 2.26. The van der Waals surface area contributed by atoms with E-state index in [4.69, 9.17) is 5.11 Å². The fourth-order valence-electron chi connectivity index (χ4n) is 1.80. The maximum atomic E-state index is 12.2. The van der Waals surface area contributed by atoms with E-state index in [2.05, 4.69) is 0 Å². The maximum absolute atomic E-state index is 12.2. The van der Waals surface area contributed by atoms with Crippen LogP contribution >= 0.6 is 11.3 Å². The number of carboxylic acids is 1. The molecule has 8 heteroatoms. The summed E-state index contributed by atoms with van der Waals surface area (Å²) in [5.41, 5.74) is 0.458. The van der Waals surface area contributed by atoms with Crippen LogP contribution in [0.15, 0.2) is 17.5 Å². The van der Waals surface area contributed by atoms with E-state index in [9.17, 15) is 18.0 Å². The molecule has 0 aromatic carbocycles. The van der Waals surface area contributed by atoms with Crippen molar-refractivity contribution in [2.24, 2.45) is 0 Å². The van der Waals surface area contributed by atoms with Gasteiger partial charge in [0.25, 0.3) is 5.91 Å². The van der Waals surface area contributed by atoms with Gasteiger partial charge in [-0.05, 0) is 12.1 Å². The molecule has 1 amide bonds. The fraction of sp³-hybridized carbons (Fsp3) is 0.333. The molecule has 2 rings (SSSR count). The van der Waals surface area contributed by atoms with Gasteiger partial charge in [0.2, 0.25) is 0 Å². The number of amides is 1. The molecule has 1 N–H and O–H groups in total. The number of hydrogen-bond donors (Lipinski definition) is 1. The lowest BCUT2D eigenvalue weighted by Gasteiger charge is -2.26. The zero-order valence-electron chi connectivity index (χ0n) is 10.5. The molecule has 1 aliphatic heterocycles. The van der Waals surface area contributed by atoms with Gasteiger partial charge < -0.3 is 10.0 Å². The van der Waals surface area contributed by atoms with Crippen molar-refractivity contribution in [3.05, 3.63) is 28.0 Å². The Hall–Kier alpha value is -1.67. The van der Waals surface area contributed by atoms with Gasteiger partial charge in [0.05, 0.1) is 17.1 Å². The molecule has 1 aliphatic rings. The molecule has 0 unspecified atom stereocenters. The maximum Gasteiger partial charge on any atom is 0.328 e. The summed E-state index contributed by atoms with van der Waals surface area (Å²) in [5, 5.41) is 10.2. The van der Waals surface area contributed by atoms with Crippen LogP contribution in [0.2, 0.25) is 0 Å². The highest BCUT2D eigenvalue weighted by atomic mass is 32.2. The van der Waals surface area contributed by atoms with E-state index in [-0.39, 0.29) is 30.5 Å². The van der Waals surface area contributed by atoms with Crippen molar-refractivity contribution in [3.63, 3.8) is 0 Å². The van der Waals surface area contributed by atoms with Crippen molar-refractivity contribution >= 4 is 39.1 Å². The van der Waals surface area contributed by atoms with Crippen LogP contribution in [0.4, 0.5) is 0 Å². The molecule has 0 atom stereocenters. The number of carbonyl (C=O) groups is 2. The first kappa shape index (κ1) is 14.7. The van der Waals surface area contributed by atoms with Crippen molar-refractivity contribution < 1.29 is 23.1 Å². The van der Waals surface area contributed by atoms with Crippen molar-refractivity contribution in [2.75, 3.05) is 24.6 Å². The number of aliphatic carboxylic acids is 1. The van der Waals surface area contributed by atoms with Crippen LogP contribution in [0, 0.1) is 0 Å². The van der Waals surface area contributed by atoms with Gasteiger partial charge in [0.15, 0.2) is 9.84 Å². The molecule has 0 saturated carbocycles. The van der Waals surface area contributed by atoms with E-state index in [1.54, 1.807) is 11.4 Å². The topological polar surface area (TPSA) is 91.8 Å². The average Bonchev–Trinajstić information content (AvgIpc) is 2.84. The average molecular weight is 315 g/mol. The second-order valence-corrected chi connectivity index (χ2v) is 7.60. The highest BCUT2D eigenvalue weighted by molar-refractivity contribution is 7.91. The van der Waals surface area contributed by atoms with Gasteiger partial charge in [-0.3, -0.25) is 4.79 Å². The minimum atomic E-state index is -3.01. The van der Waals surface area contributed by atoms with Crippen LogP contribution in [0.1, 0.15) is 15.2 Å². The lowest BCUT2D eigenvalue weighted by molar-refractivity contribution is -0.131. The molecular formula is C12H13NO5S2. The van der Waals surface area contributed by atoms with Gasteiger partial charge >= 0.3 is 5.97 Å². The molecule has 1 fully saturated rings. The molecule has 0 radical (unpaired) electrons. The largest absolute Gasteiger partial charge is 0.478 e. The number of nitrogens with zero attached hydrogens (tertiary/aromatic N) is 1. The quantitative estimate of drug-likeness (QED) is 0.830. The first-order valence-corrected chi connectivity index (χ1v) is 8.57. The fourth-order valence-corrected chi connectivity index (χ4v) is 3.78. The third kappa shape index (κ3) is 3.67. The Labute approximate surface area is 120 Å². The first-order valence-electron chi connectivity index (χ1n) is 5.87. The third-order valence-corrected chi connectivity index (χ3v) is 5.40. The Morgan fingerprint density at radius 1 is 1.30 bits per heavy atom. The summed E-state index contributed by atoms with van der Waals surface area (Å²) < 4.78 is 22.6. The summed E-state index contributed by atoms with van der Waals surface area (Å²) in [6.07, 6.45) is 2.43. The molecule has 1 aromatic rings. The molecule has 20 heavy (non-hydrogen) atoms. The number of rotatable bonds is 3. The standard InChI is InChI=1S/C12H13NO5S2/c14-11(15)2-1-10-7-9(8-19-10)12(16)13-3-5-20(17,18)6-4-13/h1-2,7-8H,3-6H2,(H,14,15). The molecule has 108 valence electrons. The van der Waals surface area contributed by atoms with Gasteiger partial charge in [-0.15, -0.1) is 11.3 Å². The normalized spacial score (nSPS) is 18.3. The zero-order valence-corrected chi connectivity index (χ0v) is 12.1. The molecule has 1 aromatic heterocycles. The Bertz CT molecular complexity index is 645. The van der Waals surface area contributed by atoms with Gasteiger partial charge in [-0.25, -0.2) is 13.2 Å². The molecule has 0 spiro atoms. The highest BCUT2D eigenvalue weighted by Crippen LogP contribution is 2.19. The van der Waals surface area contributed by atoms with Crippen molar-refractivity contribution in [2.45, 2.75) is 0 Å². The van der Waals surface area contributed by atoms with Crippen LogP contribution in [0.25, 0.3) is 6.08 Å². The number of thiophene rings is 1. The predicted molar refractivity (Wildman–Crippen MR) is 75.5 cm³/mol. The number of hydrogen-bond acceptors (Lipinski definition) is 5. The second kappa shape index (κ2) is 5.76. The van der Waals surface area contributed by atoms with Crippen LogP contribution < -0.4 is 0 Å². The summed E-state index contributed by atoms with van der Waals surface area (Å²) in [6.45, 7) is 0.411. The van der Waals surface area contributed by atoms with Crippen molar-refractivity contribution in [1.82, 2.24) is 4.90 Å². The van der Waals surface area contributed by atoms with Crippen LogP contribution in [-0.4, -0.2) is 54.9 Å². The van der Waals surface area contributed by atoms with Crippen LogP contribution in [-0.2, 0) is 14.6 Å². The molecule has 0 bridgehead atoms. The van der Waals surface area contributed by atoms with E-state index in [1.165, 1.54) is 22.3 Å². The first-order chi connectivity index (χ1) is 9.37. The summed E-state index contributed by atoms with van der Waals surface area (Å²) in [6, 6.07) is 1.61. The summed E-state index contributed by atoms with van der Waals surface area (Å²) in [7, 11) is -3.01. The Balaban J connectivity index is 2.05. The number of carboxylic acid groups (broad SMARTS) is 1. The number of sulfone groups is 1. The predicted octanol–water partition coefficient (Wildman–Crippen LogP) is 0.717. The van der Waals surface area contributed by atoms with Crippen LogP contribution in [0.3, 0.4) is 0 Å². The Morgan fingerprint density at radius 3 is 2.55 bits per heavy atom. The molecule has 0 aliphatic carbocycles. The van der Waals surface area contributed by atoms with Crippen molar-refractivity contribution in [1.29, 1.82) is 0 Å². The lowest BCUT2D eigenvalue weighted by Crippen LogP contribution is -2.43. The van der Waals surface area contributed by atoms with E-state index < -0.39 is 15.8 Å². The Morgan fingerprint density at radius 2 is 1.95 bits per heavy atom. The van der Waals surface area contributed by atoms with E-state index >= 15 is 0 Å². The zero-order chi connectivity index (χ0) is 14.8. The third-order valence-electron chi connectivity index (χ3n) is 2.89. The smallest absolute Gasteiger partial charge is 0.328 e. The van der Waals surface area contributed by atoms with Gasteiger partial charge in [-0.2, -0.15) is 0 Å². The monoisotopic (exact) mass is 315 g/mol. The van der Waals surface area contributed by atoms with Gasteiger partial charge in [0.1, 0.15) is 0 Å². The van der Waals surface area contributed by atoms with E-state index in [1.807, 2.05) is 0 Å². The second-order valence-electron chi connectivity index (χ2n) is 4.35. The van der Waals surface area contributed by atoms with Crippen LogP contribution in [0.5, 0.6) is 0 Å². The minimum Gasteiger partial charge on any atom is -0.478 e. The molecule has 1 saturated heterocycles. The minimum absolute atomic E-state index is 0.00531. The summed E-state index contributed by atoms with van der Waals surface area (Å²) in [4.78, 5) is 24.7. The van der Waals surface area contributed by atoms with E-state index in [0.717, 1.165) is 6.08 Å². The Kier molecular flexibility index (Phi) is 4.24. The van der Waals surface area contributed by atoms with Gasteiger partial charge in [-0.1, -0.05) is 0 Å². The lowest BCUT2D eigenvalue weighted by atomic mass is 10.2. The van der Waals surface area contributed by atoms with E-state index in [0.29, 0.717) is 10.4 Å². The molecular weight excluding hydrogens is 302 g/mol. The summed E-state index contributed by atoms with van der Waals surface area (Å²) >= 11 is 1.27. The number of carbonyl (C=O) groups excluding carboxylic acids is 1.